The Morgan fingerprint density at radius 2 is 2.00 bits per heavy atom. The van der Waals surface area contributed by atoms with Gasteiger partial charge in [0.1, 0.15) is 0 Å². The first kappa shape index (κ1) is 9.79. The van der Waals surface area contributed by atoms with Crippen LogP contribution in [0.3, 0.4) is 0 Å². The smallest absolute Gasteiger partial charge is 0.00391 e. The summed E-state index contributed by atoms with van der Waals surface area (Å²) in [5, 5.41) is 0. The molecule has 0 N–H and O–H groups in total. The Kier molecular flexibility index (Phi) is 5.55. The van der Waals surface area contributed by atoms with Crippen LogP contribution in [0.15, 0.2) is 0 Å². The molecule has 0 nitrogen and oxygen atoms in total. The van der Waals surface area contributed by atoms with E-state index in [1.165, 1.54) is 43.6 Å². The van der Waals surface area contributed by atoms with Crippen molar-refractivity contribution in [3.63, 3.8) is 0 Å². The summed E-state index contributed by atoms with van der Waals surface area (Å²) in [4.78, 5) is 0. The van der Waals surface area contributed by atoms with Gasteiger partial charge < -0.3 is 0 Å². The third-order valence-corrected chi connectivity index (χ3v) is 3.88. The predicted octanol–water partition coefficient (Wildman–Crippen LogP) is 3.23. The molecular formula is C9H18S2. The first-order valence-corrected chi connectivity index (χ1v) is 6.41. The first-order chi connectivity index (χ1) is 5.43. The maximum Gasteiger partial charge on any atom is -0.00391 e. The third-order valence-electron chi connectivity index (χ3n) is 2.28. The van der Waals surface area contributed by atoms with Crippen LogP contribution in [0.5, 0.6) is 0 Å². The largest absolute Gasteiger partial charge is 0.179 e. The highest BCUT2D eigenvalue weighted by atomic mass is 32.2. The molecule has 11 heavy (non-hydrogen) atoms. The van der Waals surface area contributed by atoms with Gasteiger partial charge in [-0.2, -0.15) is 24.4 Å². The lowest BCUT2D eigenvalue weighted by Gasteiger charge is -2.06. The molecule has 0 unspecified atom stereocenters. The van der Waals surface area contributed by atoms with Crippen LogP contribution in [0.2, 0.25) is 0 Å². The van der Waals surface area contributed by atoms with E-state index < -0.39 is 0 Å². The van der Waals surface area contributed by atoms with E-state index in [1.54, 1.807) is 0 Å². The van der Waals surface area contributed by atoms with E-state index in [4.69, 9.17) is 0 Å². The fourth-order valence-electron chi connectivity index (χ4n) is 1.59. The molecular weight excluding hydrogens is 172 g/mol. The Morgan fingerprint density at radius 3 is 2.64 bits per heavy atom. The molecule has 0 radical (unpaired) electrons. The summed E-state index contributed by atoms with van der Waals surface area (Å²) in [7, 11) is 0. The molecule has 66 valence electrons. The number of thioether (sulfide) groups is 1. The van der Waals surface area contributed by atoms with Gasteiger partial charge in [-0.1, -0.05) is 12.8 Å². The highest BCUT2D eigenvalue weighted by Gasteiger charge is 2.13. The minimum Gasteiger partial charge on any atom is -0.179 e. The average Bonchev–Trinajstić information content (AvgIpc) is 2.50. The fraction of sp³-hybridized carbons (Fsp3) is 1.00. The van der Waals surface area contributed by atoms with Gasteiger partial charge in [-0.15, -0.1) is 0 Å². The van der Waals surface area contributed by atoms with Crippen LogP contribution in [-0.4, -0.2) is 17.3 Å². The van der Waals surface area contributed by atoms with Gasteiger partial charge in [-0.3, -0.25) is 0 Å². The van der Waals surface area contributed by atoms with Crippen molar-refractivity contribution in [3.8, 4) is 0 Å². The van der Waals surface area contributed by atoms with E-state index in [-0.39, 0.29) is 0 Å². The van der Waals surface area contributed by atoms with E-state index in [0.29, 0.717) is 0 Å². The molecule has 1 saturated carbocycles. The van der Waals surface area contributed by atoms with Gasteiger partial charge in [-0.25, -0.2) is 0 Å². The SMILES string of the molecule is SCCCSCC1CCCC1. The second kappa shape index (κ2) is 6.24. The molecule has 0 aromatic rings. The molecule has 0 spiro atoms. The summed E-state index contributed by atoms with van der Waals surface area (Å²) in [6.45, 7) is 0. The van der Waals surface area contributed by atoms with Gasteiger partial charge in [0.05, 0.1) is 0 Å². The van der Waals surface area contributed by atoms with E-state index in [2.05, 4.69) is 24.4 Å². The molecule has 0 saturated heterocycles. The summed E-state index contributed by atoms with van der Waals surface area (Å²) in [5.41, 5.74) is 0. The van der Waals surface area contributed by atoms with Crippen molar-refractivity contribution in [1.29, 1.82) is 0 Å². The standard InChI is InChI=1S/C9H18S2/c10-6-3-7-11-8-9-4-1-2-5-9/h9-10H,1-8H2. The maximum atomic E-state index is 4.19. The molecule has 0 atom stereocenters. The minimum absolute atomic E-state index is 1.05. The number of hydrogen-bond donors (Lipinski definition) is 1. The lowest BCUT2D eigenvalue weighted by Crippen LogP contribution is -1.97. The highest BCUT2D eigenvalue weighted by molar-refractivity contribution is 7.99. The Morgan fingerprint density at radius 1 is 1.27 bits per heavy atom. The second-order valence-electron chi connectivity index (χ2n) is 3.30. The van der Waals surface area contributed by atoms with Crippen LogP contribution >= 0.6 is 24.4 Å². The van der Waals surface area contributed by atoms with Gasteiger partial charge in [-0.05, 0) is 42.4 Å². The maximum absolute atomic E-state index is 4.19. The van der Waals surface area contributed by atoms with Gasteiger partial charge in [0.15, 0.2) is 0 Å². The zero-order valence-electron chi connectivity index (χ0n) is 7.09. The minimum atomic E-state index is 1.05. The Balaban J connectivity index is 1.86. The molecule has 1 rings (SSSR count). The van der Waals surface area contributed by atoms with Gasteiger partial charge in [0, 0.05) is 0 Å². The average molecular weight is 190 g/mol. The molecule has 0 aromatic heterocycles. The van der Waals surface area contributed by atoms with Crippen molar-refractivity contribution in [2.75, 3.05) is 17.3 Å². The Hall–Kier alpha value is 0.700. The lowest BCUT2D eigenvalue weighted by molar-refractivity contribution is 0.623. The predicted molar refractivity (Wildman–Crippen MR) is 57.8 cm³/mol. The molecule has 0 aliphatic heterocycles. The zero-order chi connectivity index (χ0) is 7.94. The van der Waals surface area contributed by atoms with Crippen molar-refractivity contribution >= 4 is 24.4 Å². The van der Waals surface area contributed by atoms with Crippen molar-refractivity contribution in [2.24, 2.45) is 5.92 Å². The van der Waals surface area contributed by atoms with Gasteiger partial charge >= 0.3 is 0 Å². The van der Waals surface area contributed by atoms with Gasteiger partial charge in [0.2, 0.25) is 0 Å². The topological polar surface area (TPSA) is 0 Å². The molecule has 1 fully saturated rings. The first-order valence-electron chi connectivity index (χ1n) is 4.62. The third kappa shape index (κ3) is 4.32. The highest BCUT2D eigenvalue weighted by Crippen LogP contribution is 2.27. The van der Waals surface area contributed by atoms with Crippen molar-refractivity contribution in [2.45, 2.75) is 32.1 Å². The van der Waals surface area contributed by atoms with Gasteiger partial charge in [0.25, 0.3) is 0 Å². The van der Waals surface area contributed by atoms with Crippen molar-refractivity contribution < 1.29 is 0 Å². The molecule has 0 amide bonds. The number of rotatable bonds is 5. The van der Waals surface area contributed by atoms with Crippen LogP contribution in [0, 0.1) is 5.92 Å². The van der Waals surface area contributed by atoms with Crippen LogP contribution in [0.1, 0.15) is 32.1 Å². The molecule has 1 aliphatic carbocycles. The number of thiol groups is 1. The molecule has 1 aliphatic rings. The summed E-state index contributed by atoms with van der Waals surface area (Å²) < 4.78 is 0. The quantitative estimate of drug-likeness (QED) is 0.513. The Bertz CT molecular complexity index is 87.6. The Labute approximate surface area is 79.9 Å². The van der Waals surface area contributed by atoms with Crippen LogP contribution < -0.4 is 0 Å². The number of hydrogen-bond acceptors (Lipinski definition) is 2. The van der Waals surface area contributed by atoms with E-state index >= 15 is 0 Å². The fourth-order valence-corrected chi connectivity index (χ4v) is 3.15. The van der Waals surface area contributed by atoms with Crippen LogP contribution in [0.4, 0.5) is 0 Å². The zero-order valence-corrected chi connectivity index (χ0v) is 8.80. The molecule has 0 aromatic carbocycles. The van der Waals surface area contributed by atoms with Crippen LogP contribution in [0.25, 0.3) is 0 Å². The normalized spacial score (nSPS) is 19.4. The second-order valence-corrected chi connectivity index (χ2v) is 4.90. The van der Waals surface area contributed by atoms with Crippen molar-refractivity contribution in [3.05, 3.63) is 0 Å². The van der Waals surface area contributed by atoms with E-state index in [0.717, 1.165) is 11.7 Å². The summed E-state index contributed by atoms with van der Waals surface area (Å²) in [5.74, 6) is 4.84. The van der Waals surface area contributed by atoms with E-state index in [1.807, 2.05) is 0 Å². The molecule has 2 heteroatoms. The summed E-state index contributed by atoms with van der Waals surface area (Å²) in [6.07, 6.45) is 7.23. The lowest BCUT2D eigenvalue weighted by atomic mass is 10.1. The van der Waals surface area contributed by atoms with Crippen LogP contribution in [-0.2, 0) is 0 Å². The molecule has 0 bridgehead atoms. The van der Waals surface area contributed by atoms with E-state index in [9.17, 15) is 0 Å². The van der Waals surface area contributed by atoms with Crippen molar-refractivity contribution in [1.82, 2.24) is 0 Å². The summed E-state index contributed by atoms with van der Waals surface area (Å²) >= 11 is 6.32. The summed E-state index contributed by atoms with van der Waals surface area (Å²) in [6, 6.07) is 0. The molecule has 0 heterocycles. The monoisotopic (exact) mass is 190 g/mol.